The SMILES string of the molecule is Cl.O=C(Nc1cnn(CC(F)(F)F)c1)c1cccc([C@@H]2C[C@H]2NCC2CC2)c1. The number of aromatic nitrogens is 2. The molecule has 0 unspecified atom stereocenters. The molecule has 0 saturated heterocycles. The van der Waals surface area contributed by atoms with Gasteiger partial charge in [-0.25, -0.2) is 0 Å². The molecule has 2 atom stereocenters. The van der Waals surface area contributed by atoms with Gasteiger partial charge in [-0.2, -0.15) is 18.3 Å². The van der Waals surface area contributed by atoms with Gasteiger partial charge >= 0.3 is 6.18 Å². The average Bonchev–Trinajstić information content (AvgIpc) is 3.51. The van der Waals surface area contributed by atoms with Gasteiger partial charge in [-0.3, -0.25) is 9.48 Å². The van der Waals surface area contributed by atoms with Crippen molar-refractivity contribution >= 4 is 24.0 Å². The van der Waals surface area contributed by atoms with Crippen LogP contribution in [0.25, 0.3) is 0 Å². The summed E-state index contributed by atoms with van der Waals surface area (Å²) in [6, 6.07) is 7.90. The monoisotopic (exact) mass is 414 g/mol. The first kappa shape index (κ1) is 20.7. The van der Waals surface area contributed by atoms with Crippen LogP contribution in [0, 0.1) is 5.92 Å². The Hall–Kier alpha value is -2.06. The number of rotatable bonds is 7. The first-order valence-electron chi connectivity index (χ1n) is 9.11. The molecule has 2 fully saturated rings. The molecule has 2 saturated carbocycles. The Labute approximate surface area is 167 Å². The highest BCUT2D eigenvalue weighted by Gasteiger charge is 2.39. The molecule has 28 heavy (non-hydrogen) atoms. The van der Waals surface area contributed by atoms with Crippen LogP contribution < -0.4 is 10.6 Å². The third-order valence-electron chi connectivity index (χ3n) is 4.97. The number of nitrogens with one attached hydrogen (secondary N) is 2. The van der Waals surface area contributed by atoms with Crippen LogP contribution in [0.1, 0.15) is 41.1 Å². The molecule has 0 bridgehead atoms. The summed E-state index contributed by atoms with van der Waals surface area (Å²) in [7, 11) is 0. The van der Waals surface area contributed by atoms with Crippen LogP contribution in [0.15, 0.2) is 36.7 Å². The van der Waals surface area contributed by atoms with Crippen molar-refractivity contribution in [2.75, 3.05) is 11.9 Å². The summed E-state index contributed by atoms with van der Waals surface area (Å²) < 4.78 is 37.9. The Morgan fingerprint density at radius 1 is 1.29 bits per heavy atom. The smallest absolute Gasteiger partial charge is 0.319 e. The molecule has 9 heteroatoms. The molecular formula is C19H22ClF3N4O. The first-order chi connectivity index (χ1) is 12.9. The van der Waals surface area contributed by atoms with E-state index in [2.05, 4.69) is 15.7 Å². The molecule has 2 aliphatic rings. The number of hydrogen-bond acceptors (Lipinski definition) is 3. The highest BCUT2D eigenvalue weighted by molar-refractivity contribution is 6.04. The van der Waals surface area contributed by atoms with Crippen LogP contribution in [0.4, 0.5) is 18.9 Å². The van der Waals surface area contributed by atoms with Crippen LogP contribution in [0.5, 0.6) is 0 Å². The van der Waals surface area contributed by atoms with E-state index < -0.39 is 12.7 Å². The van der Waals surface area contributed by atoms with E-state index >= 15 is 0 Å². The van der Waals surface area contributed by atoms with E-state index in [4.69, 9.17) is 0 Å². The lowest BCUT2D eigenvalue weighted by Crippen LogP contribution is -2.20. The standard InChI is InChI=1S/C19H21F3N4O.ClH/c20-19(21,22)11-26-10-15(9-24-26)25-18(27)14-3-1-2-13(6-14)16-7-17(16)23-8-12-4-5-12;/h1-3,6,9-10,12,16-17,23H,4-5,7-8,11H2,(H,25,27);1H/t16-,17+;/m0./s1. The molecule has 2 aromatic rings. The Morgan fingerprint density at radius 2 is 2.07 bits per heavy atom. The van der Waals surface area contributed by atoms with Crippen molar-refractivity contribution in [3.8, 4) is 0 Å². The van der Waals surface area contributed by atoms with Gasteiger partial charge in [0.1, 0.15) is 6.54 Å². The fraction of sp³-hybridized carbons (Fsp3) is 0.474. The van der Waals surface area contributed by atoms with Crippen molar-refractivity contribution in [2.24, 2.45) is 5.92 Å². The Morgan fingerprint density at radius 3 is 2.79 bits per heavy atom. The minimum Gasteiger partial charge on any atom is -0.319 e. The number of carbonyl (C=O) groups is 1. The van der Waals surface area contributed by atoms with Crippen molar-refractivity contribution in [3.63, 3.8) is 0 Å². The molecule has 1 amide bonds. The molecule has 0 radical (unpaired) electrons. The minimum absolute atomic E-state index is 0. The second-order valence-corrected chi connectivity index (χ2v) is 7.42. The Kier molecular flexibility index (Phi) is 6.00. The summed E-state index contributed by atoms with van der Waals surface area (Å²) in [6.07, 6.45) is 1.75. The number of halogens is 4. The van der Waals surface area contributed by atoms with Crippen molar-refractivity contribution in [2.45, 2.75) is 43.9 Å². The second-order valence-electron chi connectivity index (χ2n) is 7.42. The fourth-order valence-corrected chi connectivity index (χ4v) is 3.24. The number of nitrogens with zero attached hydrogens (tertiary/aromatic N) is 2. The predicted molar refractivity (Wildman–Crippen MR) is 102 cm³/mol. The van der Waals surface area contributed by atoms with Crippen molar-refractivity contribution in [3.05, 3.63) is 47.8 Å². The molecule has 0 spiro atoms. The molecule has 1 heterocycles. The quantitative estimate of drug-likeness (QED) is 0.720. The zero-order chi connectivity index (χ0) is 19.0. The van der Waals surface area contributed by atoms with Gasteiger partial charge in [0.15, 0.2) is 0 Å². The lowest BCUT2D eigenvalue weighted by Gasteiger charge is -2.07. The third-order valence-corrected chi connectivity index (χ3v) is 4.97. The third kappa shape index (κ3) is 5.48. The number of benzene rings is 1. The van der Waals surface area contributed by atoms with E-state index in [1.807, 2.05) is 18.2 Å². The zero-order valence-corrected chi connectivity index (χ0v) is 15.9. The molecule has 4 rings (SSSR count). The van der Waals surface area contributed by atoms with Gasteiger partial charge in [-0.05, 0) is 49.4 Å². The average molecular weight is 415 g/mol. The largest absolute Gasteiger partial charge is 0.408 e. The van der Waals surface area contributed by atoms with Gasteiger partial charge in [0.25, 0.3) is 5.91 Å². The molecule has 1 aromatic heterocycles. The summed E-state index contributed by atoms with van der Waals surface area (Å²) in [4.78, 5) is 12.4. The van der Waals surface area contributed by atoms with Crippen LogP contribution >= 0.6 is 12.4 Å². The van der Waals surface area contributed by atoms with E-state index in [1.54, 1.807) is 6.07 Å². The van der Waals surface area contributed by atoms with E-state index in [0.29, 0.717) is 17.5 Å². The minimum atomic E-state index is -4.35. The summed E-state index contributed by atoms with van der Waals surface area (Å²) in [5, 5.41) is 9.81. The summed E-state index contributed by atoms with van der Waals surface area (Å²) in [5.41, 5.74) is 1.85. The van der Waals surface area contributed by atoms with Gasteiger partial charge in [0.05, 0.1) is 11.9 Å². The van der Waals surface area contributed by atoms with Gasteiger partial charge < -0.3 is 10.6 Å². The van der Waals surface area contributed by atoms with E-state index in [9.17, 15) is 18.0 Å². The van der Waals surface area contributed by atoms with Gasteiger partial charge in [-0.1, -0.05) is 12.1 Å². The number of alkyl halides is 3. The van der Waals surface area contributed by atoms with Crippen LogP contribution in [0.3, 0.4) is 0 Å². The normalized spacial score (nSPS) is 21.1. The molecule has 2 N–H and O–H groups in total. The Balaban J connectivity index is 0.00000225. The number of anilines is 1. The van der Waals surface area contributed by atoms with Gasteiger partial charge in [0, 0.05) is 23.7 Å². The molecular weight excluding hydrogens is 393 g/mol. The van der Waals surface area contributed by atoms with E-state index in [0.717, 1.165) is 29.1 Å². The fourth-order valence-electron chi connectivity index (χ4n) is 3.24. The van der Waals surface area contributed by atoms with Crippen LogP contribution in [-0.2, 0) is 6.54 Å². The molecule has 2 aliphatic carbocycles. The molecule has 152 valence electrons. The first-order valence-corrected chi connectivity index (χ1v) is 9.11. The topological polar surface area (TPSA) is 59.0 Å². The number of carbonyl (C=O) groups excluding carboxylic acids is 1. The maximum atomic E-state index is 12.4. The van der Waals surface area contributed by atoms with Crippen molar-refractivity contribution in [1.29, 1.82) is 0 Å². The van der Waals surface area contributed by atoms with Crippen molar-refractivity contribution in [1.82, 2.24) is 15.1 Å². The highest BCUT2D eigenvalue weighted by atomic mass is 35.5. The molecule has 5 nitrogen and oxygen atoms in total. The summed E-state index contributed by atoms with van der Waals surface area (Å²) >= 11 is 0. The molecule has 1 aromatic carbocycles. The predicted octanol–water partition coefficient (Wildman–Crippen LogP) is 3.98. The van der Waals surface area contributed by atoms with Crippen LogP contribution in [-0.4, -0.2) is 34.5 Å². The maximum absolute atomic E-state index is 12.4. The van der Waals surface area contributed by atoms with Gasteiger partial charge in [-0.15, -0.1) is 12.4 Å². The van der Waals surface area contributed by atoms with E-state index in [-0.39, 0.29) is 24.0 Å². The maximum Gasteiger partial charge on any atom is 0.408 e. The lowest BCUT2D eigenvalue weighted by atomic mass is 10.1. The zero-order valence-electron chi connectivity index (χ0n) is 15.1. The second kappa shape index (κ2) is 8.13. The summed E-state index contributed by atoms with van der Waals surface area (Å²) in [6.45, 7) is -0.113. The number of hydrogen-bond donors (Lipinski definition) is 2. The Bertz CT molecular complexity index is 835. The molecule has 0 aliphatic heterocycles. The van der Waals surface area contributed by atoms with Gasteiger partial charge in [0.2, 0.25) is 0 Å². The summed E-state index contributed by atoms with van der Waals surface area (Å²) in [5.74, 6) is 0.902. The number of amides is 1. The van der Waals surface area contributed by atoms with Crippen molar-refractivity contribution < 1.29 is 18.0 Å². The highest BCUT2D eigenvalue weighted by Crippen LogP contribution is 2.41. The lowest BCUT2D eigenvalue weighted by molar-refractivity contribution is -0.142. The van der Waals surface area contributed by atoms with Crippen LogP contribution in [0.2, 0.25) is 0 Å². The van der Waals surface area contributed by atoms with E-state index in [1.165, 1.54) is 25.2 Å².